The maximum absolute atomic E-state index is 12.1. The number of ether oxygens (including phenoxy) is 1. The normalized spacial score (nSPS) is 15.6. The Bertz CT molecular complexity index is 648. The fourth-order valence-electron chi connectivity index (χ4n) is 2.97. The summed E-state index contributed by atoms with van der Waals surface area (Å²) in [4.78, 5) is 26.4. The molecule has 2 rings (SSSR count). The van der Waals surface area contributed by atoms with Crippen molar-refractivity contribution in [3.8, 4) is 6.07 Å². The number of amides is 2. The lowest BCUT2D eigenvalue weighted by atomic mass is 10.0. The average molecular weight is 372 g/mol. The Morgan fingerprint density at radius 2 is 1.85 bits per heavy atom. The van der Waals surface area contributed by atoms with E-state index in [1.807, 2.05) is 13.0 Å². The van der Waals surface area contributed by atoms with Crippen LogP contribution in [-0.2, 0) is 14.3 Å². The van der Waals surface area contributed by atoms with Crippen LogP contribution in [0.2, 0.25) is 0 Å². The van der Waals surface area contributed by atoms with E-state index in [2.05, 4.69) is 15.5 Å². The van der Waals surface area contributed by atoms with Gasteiger partial charge in [-0.25, -0.2) is 0 Å². The molecule has 0 radical (unpaired) electrons. The summed E-state index contributed by atoms with van der Waals surface area (Å²) in [5, 5.41) is 14.5. The van der Waals surface area contributed by atoms with Gasteiger partial charge in [0.05, 0.1) is 24.8 Å². The van der Waals surface area contributed by atoms with Gasteiger partial charge in [-0.05, 0) is 43.1 Å². The molecule has 0 bridgehead atoms. The van der Waals surface area contributed by atoms with Crippen LogP contribution in [0.25, 0.3) is 0 Å². The van der Waals surface area contributed by atoms with E-state index < -0.39 is 0 Å². The van der Waals surface area contributed by atoms with Crippen molar-refractivity contribution in [2.75, 3.05) is 44.7 Å². The number of nitrogens with zero attached hydrogens (tertiary/aromatic N) is 2. The summed E-state index contributed by atoms with van der Waals surface area (Å²) in [7, 11) is 0. The van der Waals surface area contributed by atoms with E-state index in [1.165, 1.54) is 0 Å². The number of hydrogen-bond donors (Lipinski definition) is 2. The van der Waals surface area contributed by atoms with Crippen LogP contribution in [0.15, 0.2) is 24.3 Å². The van der Waals surface area contributed by atoms with Gasteiger partial charge >= 0.3 is 0 Å². The van der Waals surface area contributed by atoms with Crippen molar-refractivity contribution in [3.63, 3.8) is 0 Å². The van der Waals surface area contributed by atoms with Crippen LogP contribution in [0.5, 0.6) is 0 Å². The van der Waals surface area contributed by atoms with Crippen LogP contribution < -0.4 is 10.6 Å². The predicted molar refractivity (Wildman–Crippen MR) is 103 cm³/mol. The van der Waals surface area contributed by atoms with Crippen LogP contribution in [-0.4, -0.2) is 56.1 Å². The minimum atomic E-state index is -0.132. The lowest BCUT2D eigenvalue weighted by Crippen LogP contribution is -2.38. The van der Waals surface area contributed by atoms with Crippen molar-refractivity contribution in [3.05, 3.63) is 29.8 Å². The number of carbonyl (C=O) groups is 2. The Morgan fingerprint density at radius 1 is 1.19 bits per heavy atom. The van der Waals surface area contributed by atoms with Gasteiger partial charge in [0.2, 0.25) is 11.8 Å². The number of rotatable bonds is 9. The van der Waals surface area contributed by atoms with Gasteiger partial charge in [0.25, 0.3) is 0 Å². The van der Waals surface area contributed by atoms with Gasteiger partial charge in [-0.2, -0.15) is 5.26 Å². The van der Waals surface area contributed by atoms with Gasteiger partial charge in [-0.15, -0.1) is 0 Å². The molecule has 0 aromatic heterocycles. The van der Waals surface area contributed by atoms with E-state index in [9.17, 15) is 9.59 Å². The second-order valence-corrected chi connectivity index (χ2v) is 6.91. The largest absolute Gasteiger partial charge is 0.379 e. The Labute approximate surface area is 160 Å². The lowest BCUT2D eigenvalue weighted by Gasteiger charge is -2.26. The van der Waals surface area contributed by atoms with Gasteiger partial charge in [0.15, 0.2) is 0 Å². The molecule has 1 aliphatic rings. The Morgan fingerprint density at radius 3 is 2.52 bits per heavy atom. The SMILES string of the molecule is C[C@H](CC(=O)NCCCN1CCOCC1)CC(=O)Nc1ccc(C#N)cc1. The topological polar surface area (TPSA) is 94.5 Å². The van der Waals surface area contributed by atoms with Crippen molar-refractivity contribution >= 4 is 17.5 Å². The smallest absolute Gasteiger partial charge is 0.224 e. The molecule has 146 valence electrons. The molecule has 2 amide bonds. The molecule has 1 aromatic rings. The van der Waals surface area contributed by atoms with Crippen molar-refractivity contribution in [1.29, 1.82) is 5.26 Å². The van der Waals surface area contributed by atoms with E-state index >= 15 is 0 Å². The molecule has 27 heavy (non-hydrogen) atoms. The highest BCUT2D eigenvalue weighted by atomic mass is 16.5. The highest BCUT2D eigenvalue weighted by Gasteiger charge is 2.14. The molecule has 1 fully saturated rings. The Hall–Kier alpha value is -2.43. The summed E-state index contributed by atoms with van der Waals surface area (Å²) in [5.41, 5.74) is 1.20. The van der Waals surface area contributed by atoms with E-state index in [-0.39, 0.29) is 24.2 Å². The number of hydrogen-bond acceptors (Lipinski definition) is 5. The first-order chi connectivity index (χ1) is 13.1. The van der Waals surface area contributed by atoms with Crippen LogP contribution in [0.1, 0.15) is 31.7 Å². The zero-order chi connectivity index (χ0) is 19.5. The highest BCUT2D eigenvalue weighted by molar-refractivity contribution is 5.91. The van der Waals surface area contributed by atoms with E-state index in [4.69, 9.17) is 10.00 Å². The second-order valence-electron chi connectivity index (χ2n) is 6.91. The molecule has 1 aromatic carbocycles. The maximum atomic E-state index is 12.1. The van der Waals surface area contributed by atoms with Crippen molar-refractivity contribution in [2.45, 2.75) is 26.2 Å². The third-order valence-corrected chi connectivity index (χ3v) is 4.44. The van der Waals surface area contributed by atoms with Gasteiger partial charge < -0.3 is 15.4 Å². The van der Waals surface area contributed by atoms with Crippen molar-refractivity contribution in [1.82, 2.24) is 10.2 Å². The molecular weight excluding hydrogens is 344 g/mol. The van der Waals surface area contributed by atoms with E-state index in [1.54, 1.807) is 24.3 Å². The average Bonchev–Trinajstić information content (AvgIpc) is 2.66. The summed E-state index contributed by atoms with van der Waals surface area (Å²) < 4.78 is 5.31. The molecule has 7 nitrogen and oxygen atoms in total. The fourth-order valence-corrected chi connectivity index (χ4v) is 2.97. The third kappa shape index (κ3) is 8.20. The van der Waals surface area contributed by atoms with Gasteiger partial charge in [-0.3, -0.25) is 14.5 Å². The van der Waals surface area contributed by atoms with E-state index in [0.717, 1.165) is 39.3 Å². The fraction of sp³-hybridized carbons (Fsp3) is 0.550. The molecule has 1 atom stereocenters. The standard InChI is InChI=1S/C20H28N4O3/c1-16(14-20(26)23-18-5-3-17(15-21)4-6-18)13-19(25)22-7-2-8-24-9-11-27-12-10-24/h3-6,16H,2,7-14H2,1H3,(H,22,25)(H,23,26)/t16-/m1/s1. The van der Waals surface area contributed by atoms with Gasteiger partial charge in [0.1, 0.15) is 0 Å². The lowest BCUT2D eigenvalue weighted by molar-refractivity contribution is -0.122. The third-order valence-electron chi connectivity index (χ3n) is 4.44. The molecule has 1 heterocycles. The first-order valence-corrected chi connectivity index (χ1v) is 9.43. The summed E-state index contributed by atoms with van der Waals surface area (Å²) in [6.45, 7) is 7.00. The molecule has 0 spiro atoms. The summed E-state index contributed by atoms with van der Waals surface area (Å²) in [6, 6.07) is 8.74. The zero-order valence-corrected chi connectivity index (χ0v) is 15.9. The van der Waals surface area contributed by atoms with E-state index in [0.29, 0.717) is 24.2 Å². The Balaban J connectivity index is 1.59. The molecule has 1 aliphatic heterocycles. The number of nitrogens with one attached hydrogen (secondary N) is 2. The molecule has 0 unspecified atom stereocenters. The minimum Gasteiger partial charge on any atom is -0.379 e. The number of benzene rings is 1. The van der Waals surface area contributed by atoms with Crippen molar-refractivity contribution in [2.24, 2.45) is 5.92 Å². The quantitative estimate of drug-likeness (QED) is 0.644. The Kier molecular flexibility index (Phi) is 8.75. The molecule has 2 N–H and O–H groups in total. The maximum Gasteiger partial charge on any atom is 0.224 e. The predicted octanol–water partition coefficient (Wildman–Crippen LogP) is 1.75. The molecule has 7 heteroatoms. The summed E-state index contributed by atoms with van der Waals surface area (Å²) in [5.74, 6) is -0.189. The zero-order valence-electron chi connectivity index (χ0n) is 15.9. The van der Waals surface area contributed by atoms with Gasteiger partial charge in [-0.1, -0.05) is 6.92 Å². The molecule has 0 aliphatic carbocycles. The number of carbonyl (C=O) groups excluding carboxylic acids is 2. The second kappa shape index (κ2) is 11.3. The minimum absolute atomic E-state index is 0.0179. The number of nitriles is 1. The highest BCUT2D eigenvalue weighted by Crippen LogP contribution is 2.12. The van der Waals surface area contributed by atoms with Crippen LogP contribution in [0.3, 0.4) is 0 Å². The van der Waals surface area contributed by atoms with Crippen LogP contribution >= 0.6 is 0 Å². The monoisotopic (exact) mass is 372 g/mol. The summed E-state index contributed by atoms with van der Waals surface area (Å²) in [6.07, 6.45) is 1.53. The van der Waals surface area contributed by atoms with Crippen LogP contribution in [0, 0.1) is 17.2 Å². The molecule has 0 saturated carbocycles. The molecule has 1 saturated heterocycles. The van der Waals surface area contributed by atoms with Crippen molar-refractivity contribution < 1.29 is 14.3 Å². The first-order valence-electron chi connectivity index (χ1n) is 9.43. The van der Waals surface area contributed by atoms with Gasteiger partial charge in [0, 0.05) is 38.2 Å². The first kappa shape index (κ1) is 20.9. The number of anilines is 1. The molecular formula is C20H28N4O3. The van der Waals surface area contributed by atoms with Crippen LogP contribution in [0.4, 0.5) is 5.69 Å². The summed E-state index contributed by atoms with van der Waals surface area (Å²) >= 11 is 0. The number of morpholine rings is 1.